The first-order valence-electron chi connectivity index (χ1n) is 4.76. The van der Waals surface area contributed by atoms with Gasteiger partial charge in [-0.25, -0.2) is 9.86 Å². The number of fused-ring (bicyclic) bond motifs is 1. The average Bonchev–Trinajstić information content (AvgIpc) is 2.27. The summed E-state index contributed by atoms with van der Waals surface area (Å²) in [6.45, 7) is 0.153. The summed E-state index contributed by atoms with van der Waals surface area (Å²) in [4.78, 5) is 15.6. The summed E-state index contributed by atoms with van der Waals surface area (Å²) in [5.41, 5.74) is 1.64. The average molecular weight is 240 g/mol. The topological polar surface area (TPSA) is 49.8 Å². The van der Waals surface area contributed by atoms with Crippen molar-refractivity contribution in [3.05, 3.63) is 34.9 Å². The molecule has 0 radical (unpaired) electrons. The van der Waals surface area contributed by atoms with Crippen molar-refractivity contribution in [1.82, 2.24) is 0 Å². The Kier molecular flexibility index (Phi) is 3.12. The van der Waals surface area contributed by atoms with Gasteiger partial charge in [-0.15, -0.1) is 0 Å². The molecule has 84 valence electrons. The molecule has 1 aromatic carbocycles. The van der Waals surface area contributed by atoms with Gasteiger partial charge in [-0.05, 0) is 12.1 Å². The number of hydrogen-bond donors (Lipinski definition) is 1. The van der Waals surface area contributed by atoms with Crippen molar-refractivity contribution in [3.8, 4) is 0 Å². The minimum absolute atomic E-state index is 0.361. The minimum Gasteiger partial charge on any atom is -0.479 e. The first-order chi connectivity index (χ1) is 7.68. The van der Waals surface area contributed by atoms with E-state index in [2.05, 4.69) is 0 Å². The van der Waals surface area contributed by atoms with Crippen molar-refractivity contribution in [2.75, 3.05) is 18.2 Å². The summed E-state index contributed by atoms with van der Waals surface area (Å²) >= 11 is 6.02. The third-order valence-corrected chi connectivity index (χ3v) is 2.53. The van der Waals surface area contributed by atoms with Crippen molar-refractivity contribution in [1.29, 1.82) is 0 Å². The maximum absolute atomic E-state index is 10.4. The highest BCUT2D eigenvalue weighted by Crippen LogP contribution is 2.31. The van der Waals surface area contributed by atoms with Crippen molar-refractivity contribution in [2.45, 2.75) is 0 Å². The van der Waals surface area contributed by atoms with Crippen LogP contribution >= 0.6 is 11.6 Å². The minimum atomic E-state index is -1.00. The molecule has 0 saturated heterocycles. The van der Waals surface area contributed by atoms with Crippen LogP contribution in [0.2, 0.25) is 5.02 Å². The van der Waals surface area contributed by atoms with Gasteiger partial charge in [-0.1, -0.05) is 29.8 Å². The molecule has 1 N–H and O–H groups in total. The SMILES string of the molecule is O=C(O)CON1CC=Cc2c(Cl)cccc21. The molecule has 1 aliphatic rings. The third-order valence-electron chi connectivity index (χ3n) is 2.20. The number of hydrogen-bond acceptors (Lipinski definition) is 3. The summed E-state index contributed by atoms with van der Waals surface area (Å²) in [6.07, 6.45) is 3.77. The molecule has 1 heterocycles. The van der Waals surface area contributed by atoms with E-state index in [1.54, 1.807) is 12.1 Å². The molecule has 1 aliphatic heterocycles. The Labute approximate surface area is 97.6 Å². The number of carboxylic acids is 1. The zero-order valence-electron chi connectivity index (χ0n) is 8.39. The van der Waals surface area contributed by atoms with Crippen LogP contribution in [-0.4, -0.2) is 24.2 Å². The first-order valence-corrected chi connectivity index (χ1v) is 5.13. The van der Waals surface area contributed by atoms with Gasteiger partial charge in [0, 0.05) is 10.6 Å². The van der Waals surface area contributed by atoms with Gasteiger partial charge < -0.3 is 5.11 Å². The number of halogens is 1. The molecule has 0 atom stereocenters. The maximum atomic E-state index is 10.4. The van der Waals surface area contributed by atoms with Gasteiger partial charge in [0.05, 0.1) is 12.2 Å². The highest BCUT2D eigenvalue weighted by atomic mass is 35.5. The van der Waals surface area contributed by atoms with Gasteiger partial charge in [-0.2, -0.15) is 0 Å². The van der Waals surface area contributed by atoms with Crippen LogP contribution < -0.4 is 5.06 Å². The lowest BCUT2D eigenvalue weighted by Crippen LogP contribution is -2.29. The molecule has 0 aliphatic carbocycles. The van der Waals surface area contributed by atoms with Crippen LogP contribution in [0.4, 0.5) is 5.69 Å². The Bertz CT molecular complexity index is 445. The molecule has 4 nitrogen and oxygen atoms in total. The summed E-state index contributed by atoms with van der Waals surface area (Å²) in [5.74, 6) is -1.00. The normalized spacial score (nSPS) is 13.7. The molecule has 0 bridgehead atoms. The van der Waals surface area contributed by atoms with Gasteiger partial charge >= 0.3 is 5.97 Å². The Balaban J connectivity index is 2.23. The lowest BCUT2D eigenvalue weighted by molar-refractivity contribution is -0.142. The van der Waals surface area contributed by atoms with Crippen molar-refractivity contribution in [3.63, 3.8) is 0 Å². The molecular weight excluding hydrogens is 230 g/mol. The third kappa shape index (κ3) is 2.18. The van der Waals surface area contributed by atoms with Crippen LogP contribution in [0.15, 0.2) is 24.3 Å². The van der Waals surface area contributed by atoms with Crippen LogP contribution in [0.1, 0.15) is 5.56 Å². The van der Waals surface area contributed by atoms with Gasteiger partial charge in [0.15, 0.2) is 6.61 Å². The Morgan fingerprint density at radius 2 is 2.38 bits per heavy atom. The highest BCUT2D eigenvalue weighted by molar-refractivity contribution is 6.32. The number of carbonyl (C=O) groups is 1. The summed E-state index contributed by atoms with van der Waals surface area (Å²) in [6, 6.07) is 5.43. The lowest BCUT2D eigenvalue weighted by Gasteiger charge is -2.26. The van der Waals surface area contributed by atoms with E-state index < -0.39 is 5.97 Å². The highest BCUT2D eigenvalue weighted by Gasteiger charge is 2.16. The van der Waals surface area contributed by atoms with E-state index in [1.807, 2.05) is 18.2 Å². The Morgan fingerprint density at radius 3 is 3.12 bits per heavy atom. The molecule has 1 aromatic rings. The molecule has 0 unspecified atom stereocenters. The fourth-order valence-electron chi connectivity index (χ4n) is 1.53. The van der Waals surface area contributed by atoms with Crippen molar-refractivity contribution >= 4 is 29.3 Å². The number of carboxylic acid groups (broad SMARTS) is 1. The molecule has 5 heteroatoms. The molecule has 16 heavy (non-hydrogen) atoms. The summed E-state index contributed by atoms with van der Waals surface area (Å²) < 4.78 is 0. The second-order valence-corrected chi connectivity index (χ2v) is 3.71. The number of anilines is 1. The lowest BCUT2D eigenvalue weighted by atomic mass is 10.1. The number of benzene rings is 1. The van der Waals surface area contributed by atoms with Crippen LogP contribution in [-0.2, 0) is 9.63 Å². The van der Waals surface area contributed by atoms with E-state index in [4.69, 9.17) is 21.5 Å². The van der Waals surface area contributed by atoms with E-state index in [1.165, 1.54) is 5.06 Å². The molecular formula is C11H10ClNO3. The number of aliphatic carboxylic acids is 1. The van der Waals surface area contributed by atoms with E-state index in [-0.39, 0.29) is 6.61 Å². The zero-order chi connectivity index (χ0) is 11.5. The second-order valence-electron chi connectivity index (χ2n) is 3.30. The van der Waals surface area contributed by atoms with Crippen LogP contribution in [0.5, 0.6) is 0 Å². The molecule has 0 aromatic heterocycles. The first kappa shape index (κ1) is 11.0. The van der Waals surface area contributed by atoms with Crippen LogP contribution in [0, 0.1) is 0 Å². The van der Waals surface area contributed by atoms with Gasteiger partial charge in [0.1, 0.15) is 0 Å². The van der Waals surface area contributed by atoms with E-state index in [9.17, 15) is 4.79 Å². The van der Waals surface area contributed by atoms with Gasteiger partial charge in [-0.3, -0.25) is 4.84 Å². The fourth-order valence-corrected chi connectivity index (χ4v) is 1.76. The zero-order valence-corrected chi connectivity index (χ0v) is 9.15. The molecule has 0 amide bonds. The molecule has 2 rings (SSSR count). The van der Waals surface area contributed by atoms with E-state index in [0.717, 1.165) is 11.3 Å². The second kappa shape index (κ2) is 4.55. The number of rotatable bonds is 3. The van der Waals surface area contributed by atoms with Crippen molar-refractivity contribution < 1.29 is 14.7 Å². The summed E-state index contributed by atoms with van der Waals surface area (Å²) in [5, 5.41) is 10.7. The Hall–Kier alpha value is -1.52. The predicted octanol–water partition coefficient (Wildman–Crippen LogP) is 2.19. The number of hydroxylamine groups is 1. The van der Waals surface area contributed by atoms with Crippen molar-refractivity contribution in [2.24, 2.45) is 0 Å². The largest absolute Gasteiger partial charge is 0.479 e. The fraction of sp³-hybridized carbons (Fsp3) is 0.182. The predicted molar refractivity (Wildman–Crippen MR) is 61.4 cm³/mol. The van der Waals surface area contributed by atoms with Crippen LogP contribution in [0.25, 0.3) is 6.08 Å². The van der Waals surface area contributed by atoms with Gasteiger partial charge in [0.25, 0.3) is 0 Å². The monoisotopic (exact) mass is 239 g/mol. The maximum Gasteiger partial charge on any atom is 0.332 e. The van der Waals surface area contributed by atoms with Crippen LogP contribution in [0.3, 0.4) is 0 Å². The molecule has 0 spiro atoms. The number of nitrogens with zero attached hydrogens (tertiary/aromatic N) is 1. The smallest absolute Gasteiger partial charge is 0.332 e. The molecule has 0 saturated carbocycles. The standard InChI is InChI=1S/C11H10ClNO3/c12-9-4-1-5-10-8(9)3-2-6-13(10)16-7-11(14)15/h1-5H,6-7H2,(H,14,15). The molecule has 0 fully saturated rings. The van der Waals surface area contributed by atoms with Gasteiger partial charge in [0.2, 0.25) is 0 Å². The van der Waals surface area contributed by atoms with E-state index in [0.29, 0.717) is 11.6 Å². The Morgan fingerprint density at radius 1 is 1.56 bits per heavy atom. The quantitative estimate of drug-likeness (QED) is 0.879. The summed E-state index contributed by atoms with van der Waals surface area (Å²) in [7, 11) is 0. The van der Waals surface area contributed by atoms with E-state index >= 15 is 0 Å².